The standard InChI is InChI=1S/C20H24FN3OS/c1-25-16-10-8-15(9-11-16)19(24-12-4-5-13-24)14-22-20(26)23-18-7-3-2-6-17(18)21/h2-3,6-11,19H,4-5,12-14H2,1H3,(H2,22,23,26)/p+1/t19-/m0/s1. The van der Waals surface area contributed by atoms with Gasteiger partial charge in [-0.25, -0.2) is 4.39 Å². The fraction of sp³-hybridized carbons (Fsp3) is 0.350. The number of benzene rings is 2. The van der Waals surface area contributed by atoms with E-state index in [0.717, 1.165) is 18.8 Å². The maximum absolute atomic E-state index is 13.8. The molecule has 6 heteroatoms. The van der Waals surface area contributed by atoms with Gasteiger partial charge in [0.15, 0.2) is 5.11 Å². The number of methoxy groups -OCH3 is 1. The molecule has 0 aliphatic carbocycles. The SMILES string of the molecule is COc1ccc([C@H](CNC(=S)Nc2ccccc2F)[NH+]2CCCC2)cc1. The summed E-state index contributed by atoms with van der Waals surface area (Å²) in [4.78, 5) is 1.55. The molecule has 0 radical (unpaired) electrons. The van der Waals surface area contributed by atoms with Gasteiger partial charge in [0.2, 0.25) is 0 Å². The third-order valence-electron chi connectivity index (χ3n) is 4.85. The van der Waals surface area contributed by atoms with Gasteiger partial charge in [0, 0.05) is 18.4 Å². The number of likely N-dealkylation sites (tertiary alicyclic amines) is 1. The molecule has 1 saturated heterocycles. The molecular weight excluding hydrogens is 349 g/mol. The normalized spacial score (nSPS) is 15.5. The van der Waals surface area contributed by atoms with Crippen LogP contribution in [0.4, 0.5) is 10.1 Å². The first kappa shape index (κ1) is 18.6. The van der Waals surface area contributed by atoms with E-state index < -0.39 is 0 Å². The van der Waals surface area contributed by atoms with Crippen molar-refractivity contribution in [3.8, 4) is 5.75 Å². The summed E-state index contributed by atoms with van der Waals surface area (Å²) in [5, 5.41) is 6.64. The van der Waals surface area contributed by atoms with Crippen molar-refractivity contribution in [2.45, 2.75) is 18.9 Å². The number of anilines is 1. The number of ether oxygens (including phenoxy) is 1. The maximum atomic E-state index is 13.8. The minimum atomic E-state index is -0.312. The minimum absolute atomic E-state index is 0.295. The fourth-order valence-electron chi connectivity index (χ4n) is 3.44. The zero-order valence-corrected chi connectivity index (χ0v) is 15.7. The van der Waals surface area contributed by atoms with Gasteiger partial charge in [0.25, 0.3) is 0 Å². The van der Waals surface area contributed by atoms with Crippen LogP contribution in [0.1, 0.15) is 24.4 Å². The smallest absolute Gasteiger partial charge is 0.171 e. The topological polar surface area (TPSA) is 37.7 Å². The highest BCUT2D eigenvalue weighted by Crippen LogP contribution is 2.17. The maximum Gasteiger partial charge on any atom is 0.171 e. The molecule has 0 aromatic heterocycles. The molecule has 0 saturated carbocycles. The second-order valence-corrected chi connectivity index (χ2v) is 6.91. The van der Waals surface area contributed by atoms with Crippen molar-refractivity contribution < 1.29 is 14.0 Å². The number of hydrogen-bond donors (Lipinski definition) is 3. The molecule has 1 atom stereocenters. The molecule has 3 N–H and O–H groups in total. The van der Waals surface area contributed by atoms with Crippen LogP contribution in [0, 0.1) is 5.82 Å². The molecule has 2 aromatic carbocycles. The molecule has 4 nitrogen and oxygen atoms in total. The van der Waals surface area contributed by atoms with E-state index in [4.69, 9.17) is 17.0 Å². The van der Waals surface area contributed by atoms with Gasteiger partial charge in [0.05, 0.1) is 32.4 Å². The summed E-state index contributed by atoms with van der Waals surface area (Å²) < 4.78 is 19.0. The Labute approximate surface area is 159 Å². The number of nitrogens with one attached hydrogen (secondary N) is 3. The van der Waals surface area contributed by atoms with E-state index in [-0.39, 0.29) is 5.82 Å². The minimum Gasteiger partial charge on any atom is -0.497 e. The first-order chi connectivity index (χ1) is 12.7. The highest BCUT2D eigenvalue weighted by atomic mass is 32.1. The Morgan fingerprint density at radius 2 is 1.85 bits per heavy atom. The zero-order chi connectivity index (χ0) is 18.4. The lowest BCUT2D eigenvalue weighted by Gasteiger charge is -2.26. The third-order valence-corrected chi connectivity index (χ3v) is 5.09. The lowest BCUT2D eigenvalue weighted by molar-refractivity contribution is -0.918. The lowest BCUT2D eigenvalue weighted by atomic mass is 10.1. The molecule has 1 heterocycles. The Bertz CT molecular complexity index is 732. The number of rotatable bonds is 6. The van der Waals surface area contributed by atoms with Gasteiger partial charge >= 0.3 is 0 Å². The lowest BCUT2D eigenvalue weighted by Crippen LogP contribution is -3.11. The van der Waals surface area contributed by atoms with Crippen LogP contribution in [0.3, 0.4) is 0 Å². The van der Waals surface area contributed by atoms with Crippen molar-refractivity contribution in [2.24, 2.45) is 0 Å². The average molecular weight is 375 g/mol. The Hall–Kier alpha value is -2.18. The van der Waals surface area contributed by atoms with E-state index in [1.54, 1.807) is 30.2 Å². The van der Waals surface area contributed by atoms with Crippen LogP contribution in [0.5, 0.6) is 5.75 Å². The molecule has 0 amide bonds. The van der Waals surface area contributed by atoms with Gasteiger partial charge in [0.1, 0.15) is 17.6 Å². The van der Waals surface area contributed by atoms with Gasteiger partial charge in [-0.05, 0) is 48.6 Å². The van der Waals surface area contributed by atoms with Crippen molar-refractivity contribution in [1.82, 2.24) is 5.32 Å². The highest BCUT2D eigenvalue weighted by Gasteiger charge is 2.27. The van der Waals surface area contributed by atoms with E-state index in [0.29, 0.717) is 23.4 Å². The van der Waals surface area contributed by atoms with Crippen molar-refractivity contribution in [1.29, 1.82) is 0 Å². The van der Waals surface area contributed by atoms with Gasteiger partial charge in [-0.15, -0.1) is 0 Å². The summed E-state index contributed by atoms with van der Waals surface area (Å²) in [6, 6.07) is 15.0. The van der Waals surface area contributed by atoms with E-state index in [9.17, 15) is 4.39 Å². The molecular formula is C20H25FN3OS+. The highest BCUT2D eigenvalue weighted by molar-refractivity contribution is 7.80. The van der Waals surface area contributed by atoms with Gasteiger partial charge < -0.3 is 20.3 Å². The van der Waals surface area contributed by atoms with E-state index in [1.807, 2.05) is 12.1 Å². The summed E-state index contributed by atoms with van der Waals surface area (Å²) in [5.74, 6) is 0.544. The molecule has 0 unspecified atom stereocenters. The molecule has 3 rings (SSSR count). The van der Waals surface area contributed by atoms with Crippen molar-refractivity contribution in [3.05, 3.63) is 59.9 Å². The van der Waals surface area contributed by atoms with Crippen molar-refractivity contribution >= 4 is 23.0 Å². The molecule has 0 bridgehead atoms. The van der Waals surface area contributed by atoms with Crippen LogP contribution >= 0.6 is 12.2 Å². The molecule has 0 spiro atoms. The van der Waals surface area contributed by atoms with Gasteiger partial charge in [-0.3, -0.25) is 0 Å². The summed E-state index contributed by atoms with van der Waals surface area (Å²) in [7, 11) is 1.67. The van der Waals surface area contributed by atoms with Crippen LogP contribution in [-0.4, -0.2) is 31.9 Å². The Balaban J connectivity index is 1.65. The monoisotopic (exact) mass is 374 g/mol. The van der Waals surface area contributed by atoms with Crippen LogP contribution in [-0.2, 0) is 0 Å². The van der Waals surface area contributed by atoms with Crippen LogP contribution in [0.2, 0.25) is 0 Å². The molecule has 2 aromatic rings. The molecule has 1 aliphatic rings. The first-order valence-electron chi connectivity index (χ1n) is 8.95. The van der Waals surface area contributed by atoms with Crippen LogP contribution < -0.4 is 20.3 Å². The Morgan fingerprint density at radius 1 is 1.15 bits per heavy atom. The van der Waals surface area contributed by atoms with E-state index in [2.05, 4.69) is 22.8 Å². The Kier molecular flexibility index (Phi) is 6.41. The number of thiocarbonyl (C=S) groups is 1. The van der Waals surface area contributed by atoms with Crippen LogP contribution in [0.15, 0.2) is 48.5 Å². The molecule has 1 aliphatic heterocycles. The molecule has 138 valence electrons. The zero-order valence-electron chi connectivity index (χ0n) is 14.9. The Morgan fingerprint density at radius 3 is 2.50 bits per heavy atom. The quantitative estimate of drug-likeness (QED) is 0.680. The third kappa shape index (κ3) is 4.71. The molecule has 1 fully saturated rings. The fourth-order valence-corrected chi connectivity index (χ4v) is 3.63. The van der Waals surface area contributed by atoms with Gasteiger partial charge in [-0.2, -0.15) is 0 Å². The number of para-hydroxylation sites is 1. The summed E-state index contributed by atoms with van der Waals surface area (Å²) in [6.07, 6.45) is 2.50. The predicted molar refractivity (Wildman–Crippen MR) is 106 cm³/mol. The average Bonchev–Trinajstić information content (AvgIpc) is 3.19. The second-order valence-electron chi connectivity index (χ2n) is 6.51. The summed E-state index contributed by atoms with van der Waals surface area (Å²) in [5.41, 5.74) is 1.64. The van der Waals surface area contributed by atoms with Crippen molar-refractivity contribution in [2.75, 3.05) is 32.1 Å². The summed E-state index contributed by atoms with van der Waals surface area (Å²) in [6.45, 7) is 3.01. The molecule has 26 heavy (non-hydrogen) atoms. The predicted octanol–water partition coefficient (Wildman–Crippen LogP) is 2.54. The number of hydrogen-bond acceptors (Lipinski definition) is 2. The summed E-state index contributed by atoms with van der Waals surface area (Å²) >= 11 is 5.36. The first-order valence-corrected chi connectivity index (χ1v) is 9.36. The van der Waals surface area contributed by atoms with E-state index in [1.165, 1.54) is 24.5 Å². The van der Waals surface area contributed by atoms with Crippen LogP contribution in [0.25, 0.3) is 0 Å². The van der Waals surface area contributed by atoms with E-state index >= 15 is 0 Å². The van der Waals surface area contributed by atoms with Crippen molar-refractivity contribution in [3.63, 3.8) is 0 Å². The largest absolute Gasteiger partial charge is 0.497 e. The second kappa shape index (κ2) is 8.96. The van der Waals surface area contributed by atoms with Gasteiger partial charge in [-0.1, -0.05) is 12.1 Å². The number of quaternary nitrogens is 1. The number of halogens is 1.